The van der Waals surface area contributed by atoms with E-state index >= 15 is 0 Å². The summed E-state index contributed by atoms with van der Waals surface area (Å²) in [7, 11) is 1.81. The van der Waals surface area contributed by atoms with Crippen LogP contribution in [0.5, 0.6) is 0 Å². The number of hydrogen-bond acceptors (Lipinski definition) is 5. The van der Waals surface area contributed by atoms with Gasteiger partial charge < -0.3 is 5.32 Å². The maximum absolute atomic E-state index is 13.3. The summed E-state index contributed by atoms with van der Waals surface area (Å²) in [5, 5.41) is 7.37. The molecule has 0 spiro atoms. The van der Waals surface area contributed by atoms with Gasteiger partial charge in [0.05, 0.1) is 28.0 Å². The summed E-state index contributed by atoms with van der Waals surface area (Å²) in [5.74, 6) is 0.00889. The number of fused-ring (bicyclic) bond motifs is 1. The Kier molecular flexibility index (Phi) is 4.83. The molecule has 0 unspecified atom stereocenters. The largest absolute Gasteiger partial charge is 0.330 e. The number of H-pyrrole nitrogens is 1. The van der Waals surface area contributed by atoms with Crippen LogP contribution in [0.1, 0.15) is 60.0 Å². The number of carbonyl (C=O) groups is 1. The fourth-order valence-corrected chi connectivity index (χ4v) is 3.73. The Morgan fingerprint density at radius 2 is 2.00 bits per heavy atom. The van der Waals surface area contributed by atoms with Crippen molar-refractivity contribution in [3.63, 3.8) is 0 Å². The molecule has 158 valence electrons. The van der Waals surface area contributed by atoms with Crippen molar-refractivity contribution in [3.8, 4) is 0 Å². The first-order chi connectivity index (χ1) is 14.2. The number of nitrogens with one attached hydrogen (secondary N) is 2. The van der Waals surface area contributed by atoms with Crippen LogP contribution < -0.4 is 16.6 Å². The molecule has 1 aliphatic carbocycles. The minimum atomic E-state index is -0.602. The summed E-state index contributed by atoms with van der Waals surface area (Å²) < 4.78 is 3.16. The summed E-state index contributed by atoms with van der Waals surface area (Å²) in [5.41, 5.74) is 2.25. The zero-order valence-electron chi connectivity index (χ0n) is 17.9. The quantitative estimate of drug-likeness (QED) is 0.669. The van der Waals surface area contributed by atoms with Crippen LogP contribution in [0, 0.1) is 19.8 Å². The average molecular weight is 410 g/mol. The van der Waals surface area contributed by atoms with E-state index in [9.17, 15) is 14.4 Å². The Labute approximate surface area is 173 Å². The van der Waals surface area contributed by atoms with Crippen molar-refractivity contribution >= 4 is 22.6 Å². The molecule has 3 aromatic rings. The lowest BCUT2D eigenvalue weighted by molar-refractivity contribution is 0.102. The van der Waals surface area contributed by atoms with Gasteiger partial charge in [-0.25, -0.2) is 9.78 Å². The number of aromatic amines is 1. The van der Waals surface area contributed by atoms with Crippen LogP contribution in [0.25, 0.3) is 11.0 Å². The van der Waals surface area contributed by atoms with Gasteiger partial charge in [-0.3, -0.25) is 23.8 Å². The van der Waals surface area contributed by atoms with E-state index in [4.69, 9.17) is 0 Å². The van der Waals surface area contributed by atoms with Crippen molar-refractivity contribution in [2.75, 3.05) is 5.32 Å². The Bertz CT molecular complexity index is 1280. The summed E-state index contributed by atoms with van der Waals surface area (Å²) in [6.07, 6.45) is 1.97. The molecule has 1 aliphatic rings. The molecule has 3 heterocycles. The lowest BCUT2D eigenvalue weighted by atomic mass is 10.1. The second-order valence-corrected chi connectivity index (χ2v) is 8.45. The molecule has 9 nitrogen and oxygen atoms in total. The van der Waals surface area contributed by atoms with Crippen LogP contribution in [-0.2, 0) is 13.6 Å². The van der Waals surface area contributed by atoms with E-state index in [1.165, 1.54) is 4.57 Å². The van der Waals surface area contributed by atoms with E-state index in [1.54, 1.807) is 17.8 Å². The third-order valence-corrected chi connectivity index (χ3v) is 5.50. The van der Waals surface area contributed by atoms with Crippen LogP contribution >= 0.6 is 0 Å². The molecule has 30 heavy (non-hydrogen) atoms. The van der Waals surface area contributed by atoms with Crippen molar-refractivity contribution in [1.82, 2.24) is 24.3 Å². The van der Waals surface area contributed by atoms with Crippen LogP contribution in [0.2, 0.25) is 0 Å². The van der Waals surface area contributed by atoms with Gasteiger partial charge in [-0.05, 0) is 38.7 Å². The zero-order valence-corrected chi connectivity index (χ0v) is 17.9. The minimum Gasteiger partial charge on any atom is -0.319 e. The molecule has 1 saturated carbocycles. The molecule has 4 rings (SSSR count). The third-order valence-electron chi connectivity index (χ3n) is 5.50. The molecule has 0 bridgehead atoms. The van der Waals surface area contributed by atoms with Gasteiger partial charge in [-0.2, -0.15) is 5.10 Å². The molecule has 0 saturated heterocycles. The van der Waals surface area contributed by atoms with Gasteiger partial charge in [0.1, 0.15) is 0 Å². The molecule has 3 aromatic heterocycles. The Balaban J connectivity index is 1.93. The van der Waals surface area contributed by atoms with E-state index in [-0.39, 0.29) is 28.4 Å². The SMILES string of the molecule is Cc1nn(C)c(C)c1NC(=O)c1cc(C2CC2)nc2c1c(=O)[nH]c(=O)n2CC(C)C. The molecule has 1 fully saturated rings. The molecule has 1 amide bonds. The predicted octanol–water partition coefficient (Wildman–Crippen LogP) is 2.22. The first kappa shape index (κ1) is 20.1. The molecular weight excluding hydrogens is 384 g/mol. The zero-order chi connectivity index (χ0) is 21.7. The first-order valence-electron chi connectivity index (χ1n) is 10.2. The van der Waals surface area contributed by atoms with E-state index in [1.807, 2.05) is 27.7 Å². The fourth-order valence-electron chi connectivity index (χ4n) is 3.73. The standard InChI is InChI=1S/C21H26N6O3/c1-10(2)9-27-18-16(20(29)24-21(27)30)14(8-15(22-18)13-6-7-13)19(28)23-17-11(3)25-26(5)12(17)4/h8,10,13H,6-7,9H2,1-5H3,(H,23,28)(H,24,29,30). The van der Waals surface area contributed by atoms with E-state index in [2.05, 4.69) is 20.4 Å². The number of aryl methyl sites for hydroxylation is 2. The van der Waals surface area contributed by atoms with E-state index in [0.29, 0.717) is 17.9 Å². The highest BCUT2D eigenvalue weighted by atomic mass is 16.2. The van der Waals surface area contributed by atoms with Gasteiger partial charge in [0.25, 0.3) is 11.5 Å². The molecule has 2 N–H and O–H groups in total. The third kappa shape index (κ3) is 3.44. The van der Waals surface area contributed by atoms with Gasteiger partial charge in [0.2, 0.25) is 0 Å². The van der Waals surface area contributed by atoms with Crippen LogP contribution in [0.3, 0.4) is 0 Å². The Hall–Kier alpha value is -3.23. The van der Waals surface area contributed by atoms with Gasteiger partial charge >= 0.3 is 5.69 Å². The minimum absolute atomic E-state index is 0.136. The average Bonchev–Trinajstić information content (AvgIpc) is 3.49. The number of hydrogen-bond donors (Lipinski definition) is 2. The van der Waals surface area contributed by atoms with Gasteiger partial charge in [0, 0.05) is 25.2 Å². The van der Waals surface area contributed by atoms with Gasteiger partial charge in [-0.1, -0.05) is 13.8 Å². The summed E-state index contributed by atoms with van der Waals surface area (Å²) >= 11 is 0. The highest BCUT2D eigenvalue weighted by Crippen LogP contribution is 2.40. The Morgan fingerprint density at radius 3 is 2.57 bits per heavy atom. The number of pyridine rings is 1. The van der Waals surface area contributed by atoms with E-state index < -0.39 is 17.2 Å². The summed E-state index contributed by atoms with van der Waals surface area (Å²) in [6, 6.07) is 1.69. The normalized spacial score (nSPS) is 13.9. The molecule has 0 radical (unpaired) electrons. The smallest absolute Gasteiger partial charge is 0.319 e. The van der Waals surface area contributed by atoms with Crippen molar-refractivity contribution in [1.29, 1.82) is 0 Å². The molecule has 0 aromatic carbocycles. The monoisotopic (exact) mass is 410 g/mol. The fraction of sp³-hybridized carbons (Fsp3) is 0.476. The van der Waals surface area contributed by atoms with Gasteiger partial charge in [0.15, 0.2) is 5.65 Å². The first-order valence-corrected chi connectivity index (χ1v) is 10.2. The number of anilines is 1. The summed E-state index contributed by atoms with van der Waals surface area (Å²) in [6.45, 7) is 8.04. The van der Waals surface area contributed by atoms with Crippen molar-refractivity contribution < 1.29 is 4.79 Å². The van der Waals surface area contributed by atoms with Crippen molar-refractivity contribution in [2.24, 2.45) is 13.0 Å². The maximum Gasteiger partial charge on any atom is 0.330 e. The highest BCUT2D eigenvalue weighted by Gasteiger charge is 2.29. The van der Waals surface area contributed by atoms with Crippen LogP contribution in [0.4, 0.5) is 5.69 Å². The van der Waals surface area contributed by atoms with Crippen LogP contribution in [-0.4, -0.2) is 30.2 Å². The number of aromatic nitrogens is 5. The second-order valence-electron chi connectivity index (χ2n) is 8.45. The number of rotatable bonds is 5. The number of nitrogens with zero attached hydrogens (tertiary/aromatic N) is 4. The molecular formula is C21H26N6O3. The predicted molar refractivity (Wildman–Crippen MR) is 114 cm³/mol. The molecule has 9 heteroatoms. The van der Waals surface area contributed by atoms with Crippen molar-refractivity contribution in [3.05, 3.63) is 49.5 Å². The maximum atomic E-state index is 13.3. The number of amides is 1. The highest BCUT2D eigenvalue weighted by molar-refractivity contribution is 6.12. The molecule has 0 atom stereocenters. The second kappa shape index (κ2) is 7.23. The lowest BCUT2D eigenvalue weighted by Crippen LogP contribution is -2.33. The topological polar surface area (TPSA) is 115 Å². The number of carbonyl (C=O) groups excluding carboxylic acids is 1. The lowest BCUT2D eigenvalue weighted by Gasteiger charge is -2.15. The van der Waals surface area contributed by atoms with Gasteiger partial charge in [-0.15, -0.1) is 0 Å². The van der Waals surface area contributed by atoms with Crippen molar-refractivity contribution in [2.45, 2.75) is 53.0 Å². The molecule has 0 aliphatic heterocycles. The van der Waals surface area contributed by atoms with Crippen LogP contribution in [0.15, 0.2) is 15.7 Å². The summed E-state index contributed by atoms with van der Waals surface area (Å²) in [4.78, 5) is 45.5. The van der Waals surface area contributed by atoms with E-state index in [0.717, 1.165) is 24.2 Å². The Morgan fingerprint density at radius 1 is 1.30 bits per heavy atom.